The Morgan fingerprint density at radius 2 is 1.81 bits per heavy atom. The smallest absolute Gasteiger partial charge is 0.320 e. The number of rotatable bonds is 7. The average Bonchev–Trinajstić information content (AvgIpc) is 3.58. The zero-order chi connectivity index (χ0) is 18.3. The molecule has 6 heteroatoms. The van der Waals surface area contributed by atoms with E-state index in [1.54, 1.807) is 7.11 Å². The molecule has 2 atom stereocenters. The third-order valence-corrected chi connectivity index (χ3v) is 6.15. The molecule has 0 spiro atoms. The molecule has 6 nitrogen and oxygen atoms in total. The van der Waals surface area contributed by atoms with Gasteiger partial charge in [-0.2, -0.15) is 0 Å². The van der Waals surface area contributed by atoms with Crippen LogP contribution in [0.15, 0.2) is 24.3 Å². The Morgan fingerprint density at radius 3 is 2.35 bits per heavy atom. The first-order chi connectivity index (χ1) is 12.5. The highest BCUT2D eigenvalue weighted by atomic mass is 16.5. The van der Waals surface area contributed by atoms with Gasteiger partial charge in [-0.3, -0.25) is 14.5 Å². The molecule has 1 aromatic rings. The molecule has 26 heavy (non-hydrogen) atoms. The average molecular weight is 358 g/mol. The summed E-state index contributed by atoms with van der Waals surface area (Å²) in [6, 6.07) is 7.53. The summed E-state index contributed by atoms with van der Waals surface area (Å²) in [5.41, 5.74) is 1.25. The number of carbonyl (C=O) groups is 2. The Bertz CT molecular complexity index is 694. The summed E-state index contributed by atoms with van der Waals surface area (Å²) < 4.78 is 5.21. The van der Waals surface area contributed by atoms with Crippen molar-refractivity contribution in [3.63, 3.8) is 0 Å². The van der Waals surface area contributed by atoms with Crippen LogP contribution in [0.4, 0.5) is 0 Å². The molecule has 2 saturated carbocycles. The standard InChI is InChI=1S/C20H26N2O4/c1-26-15-6-2-13(3-7-15)20(10-11-20)12-21-18(23)16-8-9-17(19(24)25)22(16)14-4-5-14/h2-3,6-7,14,16-17H,4-5,8-12H2,1H3,(H,21,23)(H,24,25). The summed E-state index contributed by atoms with van der Waals surface area (Å²) in [6.45, 7) is 0.616. The van der Waals surface area contributed by atoms with Crippen LogP contribution in [0.3, 0.4) is 0 Å². The van der Waals surface area contributed by atoms with Crippen LogP contribution in [0.25, 0.3) is 0 Å². The van der Waals surface area contributed by atoms with Gasteiger partial charge in [-0.25, -0.2) is 0 Å². The molecular formula is C20H26N2O4. The molecule has 0 aromatic heterocycles. The van der Waals surface area contributed by atoms with Crippen LogP contribution in [0.1, 0.15) is 44.1 Å². The van der Waals surface area contributed by atoms with Gasteiger partial charge in [0, 0.05) is 18.0 Å². The van der Waals surface area contributed by atoms with Gasteiger partial charge in [-0.15, -0.1) is 0 Å². The van der Waals surface area contributed by atoms with Crippen LogP contribution < -0.4 is 10.1 Å². The molecule has 140 valence electrons. The summed E-state index contributed by atoms with van der Waals surface area (Å²) in [7, 11) is 1.65. The van der Waals surface area contributed by atoms with Gasteiger partial charge >= 0.3 is 5.97 Å². The maximum atomic E-state index is 12.8. The molecule has 1 saturated heterocycles. The Labute approximate surface area is 153 Å². The van der Waals surface area contributed by atoms with E-state index in [4.69, 9.17) is 4.74 Å². The van der Waals surface area contributed by atoms with Crippen LogP contribution in [0.2, 0.25) is 0 Å². The number of nitrogens with zero attached hydrogens (tertiary/aromatic N) is 1. The fourth-order valence-electron chi connectivity index (χ4n) is 4.27. The van der Waals surface area contributed by atoms with Gasteiger partial charge in [0.25, 0.3) is 0 Å². The molecule has 4 rings (SSSR count). The van der Waals surface area contributed by atoms with Crippen LogP contribution in [0, 0.1) is 0 Å². The number of aliphatic carboxylic acids is 1. The van der Waals surface area contributed by atoms with E-state index in [2.05, 4.69) is 17.4 Å². The maximum absolute atomic E-state index is 12.8. The normalized spacial score (nSPS) is 27.1. The largest absolute Gasteiger partial charge is 0.497 e. The second-order valence-electron chi connectivity index (χ2n) is 7.85. The summed E-state index contributed by atoms with van der Waals surface area (Å²) in [4.78, 5) is 26.2. The van der Waals surface area contributed by atoms with Gasteiger partial charge in [0.15, 0.2) is 0 Å². The van der Waals surface area contributed by atoms with E-state index >= 15 is 0 Å². The van der Waals surface area contributed by atoms with Gasteiger partial charge in [-0.05, 0) is 56.2 Å². The third-order valence-electron chi connectivity index (χ3n) is 6.15. The van der Waals surface area contributed by atoms with Crippen LogP contribution in [-0.2, 0) is 15.0 Å². The van der Waals surface area contributed by atoms with Crippen molar-refractivity contribution >= 4 is 11.9 Å². The number of likely N-dealkylation sites (tertiary alicyclic amines) is 1. The first-order valence-electron chi connectivity index (χ1n) is 9.46. The second kappa shape index (κ2) is 6.58. The Kier molecular flexibility index (Phi) is 4.39. The number of carboxylic acids is 1. The summed E-state index contributed by atoms with van der Waals surface area (Å²) in [5, 5.41) is 12.6. The number of hydrogen-bond acceptors (Lipinski definition) is 4. The van der Waals surface area contributed by atoms with E-state index in [-0.39, 0.29) is 23.4 Å². The minimum absolute atomic E-state index is 0.0135. The SMILES string of the molecule is COc1ccc(C2(CNC(=O)C3CCC(C(=O)O)N3C3CC3)CC2)cc1. The van der Waals surface area contributed by atoms with E-state index in [0.717, 1.165) is 31.4 Å². The van der Waals surface area contributed by atoms with Crippen LogP contribution >= 0.6 is 0 Å². The lowest BCUT2D eigenvalue weighted by Gasteiger charge is -2.28. The molecule has 3 fully saturated rings. The maximum Gasteiger partial charge on any atom is 0.320 e. The molecule has 2 aliphatic carbocycles. The van der Waals surface area contributed by atoms with Crippen molar-refractivity contribution in [2.45, 2.75) is 62.1 Å². The predicted molar refractivity (Wildman–Crippen MR) is 96.2 cm³/mol. The number of ether oxygens (including phenoxy) is 1. The zero-order valence-electron chi connectivity index (χ0n) is 15.1. The van der Waals surface area contributed by atoms with Crippen LogP contribution in [-0.4, -0.2) is 53.7 Å². The number of methoxy groups -OCH3 is 1. The number of nitrogens with one attached hydrogen (secondary N) is 1. The van der Waals surface area contributed by atoms with Gasteiger partial charge in [0.05, 0.1) is 13.2 Å². The molecule has 1 aliphatic heterocycles. The number of hydrogen-bond donors (Lipinski definition) is 2. The summed E-state index contributed by atoms with van der Waals surface area (Å²) in [6.07, 6.45) is 5.33. The van der Waals surface area contributed by atoms with Gasteiger partial charge < -0.3 is 15.2 Å². The molecule has 1 heterocycles. The molecule has 2 N–H and O–H groups in total. The van der Waals surface area contributed by atoms with Crippen molar-refractivity contribution in [2.24, 2.45) is 0 Å². The number of carbonyl (C=O) groups excluding carboxylic acids is 1. The lowest BCUT2D eigenvalue weighted by atomic mass is 9.95. The van der Waals surface area contributed by atoms with Crippen molar-refractivity contribution < 1.29 is 19.4 Å². The summed E-state index contributed by atoms with van der Waals surface area (Å²) in [5.74, 6) is 0.0175. The fraction of sp³-hybridized carbons (Fsp3) is 0.600. The molecule has 0 radical (unpaired) electrons. The zero-order valence-corrected chi connectivity index (χ0v) is 15.1. The van der Waals surface area contributed by atoms with E-state index in [0.29, 0.717) is 19.4 Å². The van der Waals surface area contributed by atoms with Crippen molar-refractivity contribution in [1.29, 1.82) is 0 Å². The minimum Gasteiger partial charge on any atom is -0.497 e. The lowest BCUT2D eigenvalue weighted by Crippen LogP contribution is -2.50. The van der Waals surface area contributed by atoms with Crippen molar-refractivity contribution in [3.8, 4) is 5.75 Å². The lowest BCUT2D eigenvalue weighted by molar-refractivity contribution is -0.143. The molecule has 1 aromatic carbocycles. The first kappa shape index (κ1) is 17.3. The monoisotopic (exact) mass is 358 g/mol. The minimum atomic E-state index is -0.802. The quantitative estimate of drug-likeness (QED) is 0.779. The van der Waals surface area contributed by atoms with E-state index < -0.39 is 12.0 Å². The van der Waals surface area contributed by atoms with Crippen molar-refractivity contribution in [3.05, 3.63) is 29.8 Å². The number of carboxylic acid groups (broad SMARTS) is 1. The van der Waals surface area contributed by atoms with E-state index in [1.165, 1.54) is 5.56 Å². The van der Waals surface area contributed by atoms with Crippen molar-refractivity contribution in [1.82, 2.24) is 10.2 Å². The van der Waals surface area contributed by atoms with E-state index in [1.807, 2.05) is 17.0 Å². The van der Waals surface area contributed by atoms with Gasteiger partial charge in [-0.1, -0.05) is 12.1 Å². The first-order valence-corrected chi connectivity index (χ1v) is 9.46. The predicted octanol–water partition coefficient (Wildman–Crippen LogP) is 1.92. The van der Waals surface area contributed by atoms with Crippen LogP contribution in [0.5, 0.6) is 5.75 Å². The van der Waals surface area contributed by atoms with E-state index in [9.17, 15) is 14.7 Å². The molecule has 2 unspecified atom stereocenters. The third kappa shape index (κ3) is 3.18. The highest BCUT2D eigenvalue weighted by molar-refractivity contribution is 5.84. The number of benzene rings is 1. The Morgan fingerprint density at radius 1 is 1.15 bits per heavy atom. The van der Waals surface area contributed by atoms with Gasteiger partial charge in [0.2, 0.25) is 5.91 Å². The number of amides is 1. The Hall–Kier alpha value is -2.08. The highest BCUT2D eigenvalue weighted by Crippen LogP contribution is 2.48. The molecular weight excluding hydrogens is 332 g/mol. The highest BCUT2D eigenvalue weighted by Gasteiger charge is 2.49. The fourth-order valence-corrected chi connectivity index (χ4v) is 4.27. The summed E-state index contributed by atoms with van der Waals surface area (Å²) >= 11 is 0. The van der Waals surface area contributed by atoms with Gasteiger partial charge in [0.1, 0.15) is 11.8 Å². The molecule has 3 aliphatic rings. The van der Waals surface area contributed by atoms with Crippen molar-refractivity contribution in [2.75, 3.05) is 13.7 Å². The second-order valence-corrected chi connectivity index (χ2v) is 7.85. The molecule has 0 bridgehead atoms. The Balaban J connectivity index is 1.39. The molecule has 1 amide bonds. The topological polar surface area (TPSA) is 78.9 Å².